The molecule has 4 rings (SSSR count). The van der Waals surface area contributed by atoms with Crippen molar-refractivity contribution in [1.29, 1.82) is 0 Å². The molecule has 2 N–H and O–H groups in total. The van der Waals surface area contributed by atoms with E-state index in [0.29, 0.717) is 23.1 Å². The molecule has 2 amide bonds. The Morgan fingerprint density at radius 3 is 2.39 bits per heavy atom. The van der Waals surface area contributed by atoms with E-state index in [2.05, 4.69) is 25.9 Å². The van der Waals surface area contributed by atoms with Gasteiger partial charge in [-0.1, -0.05) is 12.1 Å². The molecule has 0 aliphatic carbocycles. The normalized spacial score (nSPS) is 10.5. The van der Waals surface area contributed by atoms with E-state index < -0.39 is 11.8 Å². The lowest BCUT2D eigenvalue weighted by Gasteiger charge is -2.09. The molecule has 2 aromatic carbocycles. The van der Waals surface area contributed by atoms with Gasteiger partial charge in [0.2, 0.25) is 5.88 Å². The second-order valence-corrected chi connectivity index (χ2v) is 6.75. The first-order valence-corrected chi connectivity index (χ1v) is 9.46. The Kier molecular flexibility index (Phi) is 5.57. The summed E-state index contributed by atoms with van der Waals surface area (Å²) in [5.74, 6) is 0.932. The van der Waals surface area contributed by atoms with E-state index in [1.807, 2.05) is 19.9 Å². The summed E-state index contributed by atoms with van der Waals surface area (Å²) in [6.07, 6.45) is 0. The number of para-hydroxylation sites is 1. The summed E-state index contributed by atoms with van der Waals surface area (Å²) in [6, 6.07) is 17.5. The van der Waals surface area contributed by atoms with Crippen molar-refractivity contribution in [1.82, 2.24) is 20.0 Å². The predicted molar refractivity (Wildman–Crippen MR) is 114 cm³/mol. The van der Waals surface area contributed by atoms with E-state index in [1.54, 1.807) is 53.2 Å². The molecule has 31 heavy (non-hydrogen) atoms. The predicted octanol–water partition coefficient (Wildman–Crippen LogP) is 4.85. The van der Waals surface area contributed by atoms with Gasteiger partial charge in [-0.2, -0.15) is 5.10 Å². The van der Waals surface area contributed by atoms with Crippen molar-refractivity contribution in [2.75, 3.05) is 10.6 Å². The summed E-state index contributed by atoms with van der Waals surface area (Å²) in [7, 11) is 0. The van der Waals surface area contributed by atoms with Crippen LogP contribution in [0, 0.1) is 19.7 Å². The number of carbonyl (C=O) groups is 1. The molecule has 9 heteroatoms. The summed E-state index contributed by atoms with van der Waals surface area (Å²) >= 11 is 0. The number of aryl methyl sites for hydroxylation is 2. The minimum absolute atomic E-state index is 0.0995. The minimum Gasteiger partial charge on any atom is -0.438 e. The van der Waals surface area contributed by atoms with Crippen LogP contribution in [0.4, 0.5) is 20.6 Å². The number of ether oxygens (including phenoxy) is 1. The van der Waals surface area contributed by atoms with E-state index in [4.69, 9.17) is 4.74 Å². The lowest BCUT2D eigenvalue weighted by Crippen LogP contribution is -2.20. The molecule has 0 radical (unpaired) electrons. The van der Waals surface area contributed by atoms with E-state index in [-0.39, 0.29) is 5.69 Å². The Labute approximate surface area is 177 Å². The Morgan fingerprint density at radius 2 is 1.74 bits per heavy atom. The number of urea groups is 1. The first-order valence-electron chi connectivity index (χ1n) is 9.46. The SMILES string of the molecule is Cc1cc(C)n(-c2ccc(Oc3ccc(NC(=O)Nc4ccccc4F)cc3)nn2)n1. The molecule has 4 aromatic rings. The van der Waals surface area contributed by atoms with Gasteiger partial charge in [-0.25, -0.2) is 13.9 Å². The van der Waals surface area contributed by atoms with E-state index in [1.165, 1.54) is 12.1 Å². The van der Waals surface area contributed by atoms with Gasteiger partial charge in [-0.05, 0) is 62.4 Å². The zero-order valence-electron chi connectivity index (χ0n) is 16.8. The lowest BCUT2D eigenvalue weighted by atomic mass is 10.3. The molecule has 0 spiro atoms. The van der Waals surface area contributed by atoms with Crippen LogP contribution >= 0.6 is 0 Å². The average molecular weight is 418 g/mol. The van der Waals surface area contributed by atoms with Gasteiger partial charge in [0.15, 0.2) is 5.82 Å². The van der Waals surface area contributed by atoms with E-state index in [9.17, 15) is 9.18 Å². The van der Waals surface area contributed by atoms with Gasteiger partial charge in [0.05, 0.1) is 11.4 Å². The standard InChI is InChI=1S/C22H19FN6O2/c1-14-13-15(2)29(28-14)20-11-12-21(27-26-20)31-17-9-7-16(8-10-17)24-22(30)25-19-6-4-3-5-18(19)23/h3-13H,1-2H3,(H2,24,25,30). The Morgan fingerprint density at radius 1 is 0.968 bits per heavy atom. The number of aromatic nitrogens is 4. The van der Waals surface area contributed by atoms with Crippen LogP contribution < -0.4 is 15.4 Å². The lowest BCUT2D eigenvalue weighted by molar-refractivity contribution is 0.262. The molecule has 2 aromatic heterocycles. The maximum atomic E-state index is 13.6. The van der Waals surface area contributed by atoms with Crippen molar-refractivity contribution in [3.63, 3.8) is 0 Å². The molecule has 0 aliphatic heterocycles. The van der Waals surface area contributed by atoms with E-state index in [0.717, 1.165) is 11.4 Å². The highest BCUT2D eigenvalue weighted by molar-refractivity contribution is 5.99. The number of rotatable bonds is 5. The van der Waals surface area contributed by atoms with Crippen molar-refractivity contribution in [2.24, 2.45) is 0 Å². The van der Waals surface area contributed by atoms with Crippen LogP contribution in [0.15, 0.2) is 66.7 Å². The van der Waals surface area contributed by atoms with Crippen LogP contribution in [-0.2, 0) is 0 Å². The van der Waals surface area contributed by atoms with Crippen molar-refractivity contribution < 1.29 is 13.9 Å². The molecule has 156 valence electrons. The first kappa shape index (κ1) is 20.0. The number of amides is 2. The topological polar surface area (TPSA) is 94.0 Å². The van der Waals surface area contributed by atoms with Crippen molar-refractivity contribution in [3.8, 4) is 17.4 Å². The number of nitrogens with one attached hydrogen (secondary N) is 2. The number of carbonyl (C=O) groups excluding carboxylic acids is 1. The van der Waals surface area contributed by atoms with Crippen LogP contribution in [0.1, 0.15) is 11.4 Å². The minimum atomic E-state index is -0.552. The number of anilines is 2. The molecule has 8 nitrogen and oxygen atoms in total. The molecule has 0 saturated heterocycles. The molecule has 0 unspecified atom stereocenters. The monoisotopic (exact) mass is 418 g/mol. The van der Waals surface area contributed by atoms with Crippen LogP contribution in [0.25, 0.3) is 5.82 Å². The summed E-state index contributed by atoms with van der Waals surface area (Å²) < 4.78 is 21.0. The highest BCUT2D eigenvalue weighted by Crippen LogP contribution is 2.22. The van der Waals surface area contributed by atoms with Crippen LogP contribution in [-0.4, -0.2) is 26.0 Å². The Balaban J connectivity index is 1.36. The van der Waals surface area contributed by atoms with Crippen molar-refractivity contribution in [3.05, 3.63) is 83.9 Å². The van der Waals surface area contributed by atoms with Crippen LogP contribution in [0.3, 0.4) is 0 Å². The zero-order valence-corrected chi connectivity index (χ0v) is 16.8. The van der Waals surface area contributed by atoms with Gasteiger partial charge in [-0.3, -0.25) is 0 Å². The Bertz CT molecular complexity index is 1210. The number of benzene rings is 2. The zero-order chi connectivity index (χ0) is 21.8. The molecular weight excluding hydrogens is 399 g/mol. The second kappa shape index (κ2) is 8.62. The molecule has 0 fully saturated rings. The largest absolute Gasteiger partial charge is 0.438 e. The van der Waals surface area contributed by atoms with Gasteiger partial charge in [0, 0.05) is 17.4 Å². The molecule has 0 saturated carbocycles. The number of nitrogens with zero attached hydrogens (tertiary/aromatic N) is 4. The number of halogens is 1. The summed E-state index contributed by atoms with van der Waals surface area (Å²) in [4.78, 5) is 12.0. The molecule has 0 aliphatic rings. The third-order valence-corrected chi connectivity index (χ3v) is 4.31. The first-order chi connectivity index (χ1) is 15.0. The number of hydrogen-bond donors (Lipinski definition) is 2. The third-order valence-electron chi connectivity index (χ3n) is 4.31. The molecule has 0 atom stereocenters. The quantitative estimate of drug-likeness (QED) is 0.483. The van der Waals surface area contributed by atoms with E-state index >= 15 is 0 Å². The van der Waals surface area contributed by atoms with Crippen LogP contribution in [0.2, 0.25) is 0 Å². The molecular formula is C22H19FN6O2. The van der Waals surface area contributed by atoms with Crippen molar-refractivity contribution >= 4 is 17.4 Å². The fourth-order valence-electron chi connectivity index (χ4n) is 2.92. The summed E-state index contributed by atoms with van der Waals surface area (Å²) in [6.45, 7) is 3.86. The average Bonchev–Trinajstić information content (AvgIpc) is 3.10. The maximum absolute atomic E-state index is 13.6. The van der Waals surface area contributed by atoms with Gasteiger partial charge in [-0.15, -0.1) is 10.2 Å². The fourth-order valence-corrected chi connectivity index (χ4v) is 2.92. The summed E-state index contributed by atoms with van der Waals surface area (Å²) in [5.41, 5.74) is 2.48. The highest BCUT2D eigenvalue weighted by atomic mass is 19.1. The van der Waals surface area contributed by atoms with Crippen molar-refractivity contribution in [2.45, 2.75) is 13.8 Å². The number of hydrogen-bond acceptors (Lipinski definition) is 5. The smallest absolute Gasteiger partial charge is 0.323 e. The highest BCUT2D eigenvalue weighted by Gasteiger charge is 2.08. The van der Waals surface area contributed by atoms with Gasteiger partial charge >= 0.3 is 6.03 Å². The maximum Gasteiger partial charge on any atom is 0.323 e. The van der Waals surface area contributed by atoms with Gasteiger partial charge < -0.3 is 15.4 Å². The molecule has 0 bridgehead atoms. The third kappa shape index (κ3) is 4.84. The molecule has 2 heterocycles. The summed E-state index contributed by atoms with van der Waals surface area (Å²) in [5, 5.41) is 17.7. The van der Waals surface area contributed by atoms with Gasteiger partial charge in [0.25, 0.3) is 0 Å². The van der Waals surface area contributed by atoms with Gasteiger partial charge in [0.1, 0.15) is 11.6 Å². The Hall–Kier alpha value is -4.27. The van der Waals surface area contributed by atoms with Crippen LogP contribution in [0.5, 0.6) is 11.6 Å². The fraction of sp³-hybridized carbons (Fsp3) is 0.0909. The second-order valence-electron chi connectivity index (χ2n) is 6.75.